The average Bonchev–Trinajstić information content (AvgIpc) is 2.91. The van der Waals surface area contributed by atoms with Gasteiger partial charge in [0.2, 0.25) is 0 Å². The molecule has 1 saturated heterocycles. The van der Waals surface area contributed by atoms with Gasteiger partial charge in [-0.3, -0.25) is 9.69 Å². The molecule has 0 bridgehead atoms. The summed E-state index contributed by atoms with van der Waals surface area (Å²) in [6, 6.07) is 5.65. The van der Waals surface area contributed by atoms with Gasteiger partial charge in [-0.15, -0.1) is 0 Å². The SMILES string of the molecule is CC(C)CNC(=O)c1ccc(CN2CCCC2)c(N)c1. The van der Waals surface area contributed by atoms with Gasteiger partial charge in [0.05, 0.1) is 0 Å². The third kappa shape index (κ3) is 3.97. The molecule has 0 unspecified atom stereocenters. The van der Waals surface area contributed by atoms with Gasteiger partial charge in [-0.05, 0) is 49.5 Å². The van der Waals surface area contributed by atoms with Crippen LogP contribution in [-0.2, 0) is 6.54 Å². The van der Waals surface area contributed by atoms with Gasteiger partial charge in [0.1, 0.15) is 0 Å². The maximum Gasteiger partial charge on any atom is 0.251 e. The van der Waals surface area contributed by atoms with E-state index >= 15 is 0 Å². The number of amides is 1. The molecule has 1 amide bonds. The lowest BCUT2D eigenvalue weighted by molar-refractivity contribution is 0.0949. The second kappa shape index (κ2) is 6.75. The molecule has 0 aliphatic carbocycles. The van der Waals surface area contributed by atoms with Crippen LogP contribution in [-0.4, -0.2) is 30.4 Å². The highest BCUT2D eigenvalue weighted by molar-refractivity contribution is 5.95. The first-order valence-electron chi connectivity index (χ1n) is 7.45. The third-order valence-electron chi connectivity index (χ3n) is 3.67. The van der Waals surface area contributed by atoms with Crippen molar-refractivity contribution in [3.8, 4) is 0 Å². The van der Waals surface area contributed by atoms with Gasteiger partial charge in [-0.2, -0.15) is 0 Å². The summed E-state index contributed by atoms with van der Waals surface area (Å²) in [5, 5.41) is 2.91. The van der Waals surface area contributed by atoms with E-state index in [0.717, 1.165) is 25.2 Å². The van der Waals surface area contributed by atoms with Crippen LogP contribution in [0.3, 0.4) is 0 Å². The molecule has 1 aromatic carbocycles. The standard InChI is InChI=1S/C16H25N3O/c1-12(2)10-18-16(20)13-5-6-14(15(17)9-13)11-19-7-3-4-8-19/h5-6,9,12H,3-4,7-8,10-11,17H2,1-2H3,(H,18,20). The molecule has 3 N–H and O–H groups in total. The maximum atomic E-state index is 12.0. The fourth-order valence-corrected chi connectivity index (χ4v) is 2.46. The number of carbonyl (C=O) groups is 1. The Balaban J connectivity index is 1.99. The van der Waals surface area contributed by atoms with Gasteiger partial charge < -0.3 is 11.1 Å². The molecule has 1 aliphatic rings. The van der Waals surface area contributed by atoms with Crippen molar-refractivity contribution in [1.29, 1.82) is 0 Å². The number of hydrogen-bond donors (Lipinski definition) is 2. The van der Waals surface area contributed by atoms with Gasteiger partial charge in [-0.25, -0.2) is 0 Å². The second-order valence-corrected chi connectivity index (χ2v) is 6.00. The summed E-state index contributed by atoms with van der Waals surface area (Å²) in [6.45, 7) is 8.03. The van der Waals surface area contributed by atoms with Crippen molar-refractivity contribution in [3.05, 3.63) is 29.3 Å². The van der Waals surface area contributed by atoms with Crippen LogP contribution in [0.15, 0.2) is 18.2 Å². The molecule has 0 aromatic heterocycles. The Labute approximate surface area is 121 Å². The number of nitrogen functional groups attached to an aromatic ring is 1. The lowest BCUT2D eigenvalue weighted by Crippen LogP contribution is -2.27. The number of carbonyl (C=O) groups excluding carboxylic acids is 1. The maximum absolute atomic E-state index is 12.0. The van der Waals surface area contributed by atoms with E-state index in [4.69, 9.17) is 5.73 Å². The predicted molar refractivity (Wildman–Crippen MR) is 82.5 cm³/mol. The highest BCUT2D eigenvalue weighted by Gasteiger charge is 2.14. The molecular formula is C16H25N3O. The zero-order valence-corrected chi connectivity index (χ0v) is 12.5. The zero-order valence-electron chi connectivity index (χ0n) is 12.5. The minimum Gasteiger partial charge on any atom is -0.398 e. The Bertz CT molecular complexity index is 465. The summed E-state index contributed by atoms with van der Waals surface area (Å²) in [4.78, 5) is 14.4. The van der Waals surface area contributed by atoms with Crippen molar-refractivity contribution in [3.63, 3.8) is 0 Å². The minimum absolute atomic E-state index is 0.0434. The van der Waals surface area contributed by atoms with Crippen LogP contribution in [0.25, 0.3) is 0 Å². The first kappa shape index (κ1) is 14.9. The van der Waals surface area contributed by atoms with E-state index < -0.39 is 0 Å². The summed E-state index contributed by atoms with van der Waals surface area (Å²) in [6.07, 6.45) is 2.55. The fraction of sp³-hybridized carbons (Fsp3) is 0.562. The number of nitrogens with one attached hydrogen (secondary N) is 1. The van der Waals surface area contributed by atoms with Crippen molar-refractivity contribution in [2.75, 3.05) is 25.4 Å². The van der Waals surface area contributed by atoms with E-state index in [2.05, 4.69) is 24.1 Å². The molecule has 0 saturated carbocycles. The van der Waals surface area contributed by atoms with Crippen molar-refractivity contribution >= 4 is 11.6 Å². The molecule has 4 nitrogen and oxygen atoms in total. The number of nitrogens with two attached hydrogens (primary N) is 1. The predicted octanol–water partition coefficient (Wildman–Crippen LogP) is 2.25. The summed E-state index contributed by atoms with van der Waals surface area (Å²) in [5.41, 5.74) is 8.57. The number of nitrogens with zero attached hydrogens (tertiary/aromatic N) is 1. The first-order valence-corrected chi connectivity index (χ1v) is 7.45. The summed E-state index contributed by atoms with van der Waals surface area (Å²) < 4.78 is 0. The molecule has 1 aliphatic heterocycles. The highest BCUT2D eigenvalue weighted by atomic mass is 16.1. The van der Waals surface area contributed by atoms with E-state index in [1.807, 2.05) is 12.1 Å². The van der Waals surface area contributed by atoms with Crippen LogP contribution in [0.2, 0.25) is 0 Å². The molecule has 1 heterocycles. The van der Waals surface area contributed by atoms with Gasteiger partial charge in [0.15, 0.2) is 0 Å². The van der Waals surface area contributed by atoms with Crippen LogP contribution < -0.4 is 11.1 Å². The largest absolute Gasteiger partial charge is 0.398 e. The smallest absolute Gasteiger partial charge is 0.251 e. The molecule has 0 radical (unpaired) electrons. The van der Waals surface area contributed by atoms with E-state index in [0.29, 0.717) is 23.7 Å². The highest BCUT2D eigenvalue weighted by Crippen LogP contribution is 2.19. The molecule has 110 valence electrons. The van der Waals surface area contributed by atoms with Crippen molar-refractivity contribution < 1.29 is 4.79 Å². The molecule has 20 heavy (non-hydrogen) atoms. The van der Waals surface area contributed by atoms with Crippen LogP contribution in [0, 0.1) is 5.92 Å². The number of hydrogen-bond acceptors (Lipinski definition) is 3. The Morgan fingerprint density at radius 2 is 2.05 bits per heavy atom. The topological polar surface area (TPSA) is 58.4 Å². The van der Waals surface area contributed by atoms with Gasteiger partial charge in [0.25, 0.3) is 5.91 Å². The van der Waals surface area contributed by atoms with Gasteiger partial charge in [0, 0.05) is 24.3 Å². The minimum atomic E-state index is -0.0434. The number of rotatable bonds is 5. The Kier molecular flexibility index (Phi) is 5.01. The number of likely N-dealkylation sites (tertiary alicyclic amines) is 1. The summed E-state index contributed by atoms with van der Waals surface area (Å²) in [7, 11) is 0. The Morgan fingerprint density at radius 1 is 1.35 bits per heavy atom. The molecule has 2 rings (SSSR count). The third-order valence-corrected chi connectivity index (χ3v) is 3.67. The van der Waals surface area contributed by atoms with Crippen molar-refractivity contribution in [2.24, 2.45) is 5.92 Å². The normalized spacial score (nSPS) is 15.8. The average molecular weight is 275 g/mol. The molecule has 1 aromatic rings. The zero-order chi connectivity index (χ0) is 14.5. The monoisotopic (exact) mass is 275 g/mol. The number of anilines is 1. The van der Waals surface area contributed by atoms with E-state index in [1.165, 1.54) is 12.8 Å². The van der Waals surface area contributed by atoms with E-state index in [-0.39, 0.29) is 5.91 Å². The quantitative estimate of drug-likeness (QED) is 0.810. The molecule has 1 fully saturated rings. The van der Waals surface area contributed by atoms with Crippen LogP contribution in [0.1, 0.15) is 42.6 Å². The fourth-order valence-electron chi connectivity index (χ4n) is 2.46. The summed E-state index contributed by atoms with van der Waals surface area (Å²) >= 11 is 0. The van der Waals surface area contributed by atoms with Crippen LogP contribution in [0.4, 0.5) is 5.69 Å². The van der Waals surface area contributed by atoms with Gasteiger partial charge in [-0.1, -0.05) is 19.9 Å². The Hall–Kier alpha value is -1.55. The van der Waals surface area contributed by atoms with E-state index in [9.17, 15) is 4.79 Å². The Morgan fingerprint density at radius 3 is 2.65 bits per heavy atom. The van der Waals surface area contributed by atoms with Crippen LogP contribution in [0.5, 0.6) is 0 Å². The van der Waals surface area contributed by atoms with Crippen molar-refractivity contribution in [2.45, 2.75) is 33.2 Å². The second-order valence-electron chi connectivity index (χ2n) is 6.00. The molecular weight excluding hydrogens is 250 g/mol. The lowest BCUT2D eigenvalue weighted by Gasteiger charge is -2.16. The first-order chi connectivity index (χ1) is 9.56. The van der Waals surface area contributed by atoms with Crippen molar-refractivity contribution in [1.82, 2.24) is 10.2 Å². The molecule has 0 atom stereocenters. The summed E-state index contributed by atoms with van der Waals surface area (Å²) in [5.74, 6) is 0.406. The molecule has 4 heteroatoms. The molecule has 0 spiro atoms. The lowest BCUT2D eigenvalue weighted by atomic mass is 10.1. The van der Waals surface area contributed by atoms with E-state index in [1.54, 1.807) is 6.07 Å². The number of benzene rings is 1. The van der Waals surface area contributed by atoms with Gasteiger partial charge >= 0.3 is 0 Å². The van der Waals surface area contributed by atoms with Crippen LogP contribution >= 0.6 is 0 Å².